The van der Waals surface area contributed by atoms with Crippen LogP contribution in [0, 0.1) is 5.41 Å². The van der Waals surface area contributed by atoms with Gasteiger partial charge in [-0.05, 0) is 35.8 Å². The number of fused-ring (bicyclic) bond motifs is 1. The zero-order valence-corrected chi connectivity index (χ0v) is 17.3. The van der Waals surface area contributed by atoms with Crippen molar-refractivity contribution >= 4 is 29.2 Å². The van der Waals surface area contributed by atoms with Gasteiger partial charge in [-0.25, -0.2) is 9.97 Å². The topological polar surface area (TPSA) is 90.1 Å². The van der Waals surface area contributed by atoms with Gasteiger partial charge in [0.2, 0.25) is 0 Å². The summed E-state index contributed by atoms with van der Waals surface area (Å²) in [6, 6.07) is 7.78. The maximum Gasteiger partial charge on any atom is 0.191 e. The average molecular weight is 397 g/mol. The molecule has 0 fully saturated rings. The van der Waals surface area contributed by atoms with Gasteiger partial charge in [0.25, 0.3) is 0 Å². The molecule has 2 aliphatic rings. The molecule has 0 saturated carbocycles. The van der Waals surface area contributed by atoms with Gasteiger partial charge in [0, 0.05) is 29.2 Å². The van der Waals surface area contributed by atoms with Crippen molar-refractivity contribution in [2.75, 3.05) is 24.4 Å². The molecule has 0 radical (unpaired) electrons. The molecular weight excluding hydrogens is 372 g/mol. The number of methoxy groups -OCH3 is 1. The molecule has 0 amide bonds. The lowest BCUT2D eigenvalue weighted by molar-refractivity contribution is -0.118. The largest absolute Gasteiger partial charge is 0.497 e. The second-order valence-electron chi connectivity index (χ2n) is 8.02. The number of aromatic nitrogens is 2. The number of benzene rings is 1. The van der Waals surface area contributed by atoms with Crippen LogP contribution in [0.1, 0.15) is 43.7 Å². The van der Waals surface area contributed by atoms with E-state index in [1.165, 1.54) is 11.8 Å². The van der Waals surface area contributed by atoms with E-state index < -0.39 is 0 Å². The van der Waals surface area contributed by atoms with E-state index in [9.17, 15) is 4.79 Å². The van der Waals surface area contributed by atoms with Gasteiger partial charge in [0.05, 0.1) is 7.11 Å². The Labute approximate surface area is 169 Å². The minimum atomic E-state index is -0.281. The van der Waals surface area contributed by atoms with Gasteiger partial charge in [0.15, 0.2) is 10.9 Å². The van der Waals surface area contributed by atoms with Crippen LogP contribution in [0.3, 0.4) is 0 Å². The van der Waals surface area contributed by atoms with Gasteiger partial charge in [-0.3, -0.25) is 4.79 Å². The summed E-state index contributed by atoms with van der Waals surface area (Å²) < 4.78 is 5.29. The SMILES string of the molecule is COc1ccc(C2C3=C(CC(C)(C)CC3=O)Nc3nc(SC)nc(N)c32)cc1. The molecule has 1 atom stereocenters. The summed E-state index contributed by atoms with van der Waals surface area (Å²) in [6.45, 7) is 4.24. The summed E-state index contributed by atoms with van der Waals surface area (Å²) in [5.74, 6) is 1.74. The number of anilines is 2. The first-order chi connectivity index (χ1) is 13.3. The number of nitrogens with one attached hydrogen (secondary N) is 1. The van der Waals surface area contributed by atoms with E-state index in [1.807, 2.05) is 30.5 Å². The number of nitrogens with two attached hydrogens (primary N) is 1. The van der Waals surface area contributed by atoms with Gasteiger partial charge in [-0.15, -0.1) is 0 Å². The number of Topliss-reactive ketones (excluding diaryl/α,β-unsaturated/α-hetero) is 1. The fourth-order valence-electron chi connectivity index (χ4n) is 4.13. The van der Waals surface area contributed by atoms with Crippen molar-refractivity contribution in [3.63, 3.8) is 0 Å². The third-order valence-corrected chi connectivity index (χ3v) is 5.90. The van der Waals surface area contributed by atoms with Crippen molar-refractivity contribution in [2.45, 2.75) is 37.8 Å². The summed E-state index contributed by atoms with van der Waals surface area (Å²) in [5.41, 5.74) is 9.75. The average Bonchev–Trinajstić information content (AvgIpc) is 2.65. The van der Waals surface area contributed by atoms with Crippen molar-refractivity contribution in [1.82, 2.24) is 9.97 Å². The lowest BCUT2D eigenvalue weighted by atomic mass is 9.69. The van der Waals surface area contributed by atoms with Crippen LogP contribution >= 0.6 is 11.8 Å². The van der Waals surface area contributed by atoms with Crippen molar-refractivity contribution in [2.24, 2.45) is 5.41 Å². The highest BCUT2D eigenvalue weighted by molar-refractivity contribution is 7.98. The van der Waals surface area contributed by atoms with Crippen LogP contribution in [0.2, 0.25) is 0 Å². The molecule has 0 bridgehead atoms. The zero-order chi connectivity index (χ0) is 20.1. The number of ketones is 1. The summed E-state index contributed by atoms with van der Waals surface area (Å²) in [7, 11) is 1.64. The molecule has 1 aromatic heterocycles. The van der Waals surface area contributed by atoms with Crippen molar-refractivity contribution in [3.05, 3.63) is 46.7 Å². The first kappa shape index (κ1) is 18.8. The molecule has 1 aliphatic carbocycles. The number of nitrogens with zero attached hydrogens (tertiary/aromatic N) is 2. The number of rotatable bonds is 3. The van der Waals surface area contributed by atoms with Crippen LogP contribution in [0.15, 0.2) is 40.7 Å². The van der Waals surface area contributed by atoms with Crippen molar-refractivity contribution < 1.29 is 9.53 Å². The number of allylic oxidation sites excluding steroid dienone is 2. The fourth-order valence-corrected chi connectivity index (χ4v) is 4.51. The Morgan fingerprint density at radius 3 is 2.57 bits per heavy atom. The van der Waals surface area contributed by atoms with Gasteiger partial charge in [-0.2, -0.15) is 0 Å². The molecule has 0 spiro atoms. The number of thioether (sulfide) groups is 1. The van der Waals surface area contributed by atoms with Crippen LogP contribution in [-0.2, 0) is 4.79 Å². The van der Waals surface area contributed by atoms with Crippen molar-refractivity contribution in [3.8, 4) is 5.75 Å². The smallest absolute Gasteiger partial charge is 0.191 e. The number of hydrogen-bond donors (Lipinski definition) is 2. The zero-order valence-electron chi connectivity index (χ0n) is 16.5. The minimum Gasteiger partial charge on any atom is -0.497 e. The highest BCUT2D eigenvalue weighted by Gasteiger charge is 2.42. The van der Waals surface area contributed by atoms with Crippen LogP contribution < -0.4 is 15.8 Å². The Morgan fingerprint density at radius 2 is 1.93 bits per heavy atom. The Hall–Kier alpha value is -2.54. The van der Waals surface area contributed by atoms with Crippen molar-refractivity contribution in [1.29, 1.82) is 0 Å². The quantitative estimate of drug-likeness (QED) is 0.599. The highest BCUT2D eigenvalue weighted by Crippen LogP contribution is 2.50. The molecule has 4 rings (SSSR count). The third-order valence-electron chi connectivity index (χ3n) is 5.35. The molecule has 2 aromatic rings. The number of nitrogen functional groups attached to an aromatic ring is 1. The molecule has 1 unspecified atom stereocenters. The molecule has 7 heteroatoms. The molecule has 2 heterocycles. The monoisotopic (exact) mass is 396 g/mol. The van der Waals surface area contributed by atoms with Gasteiger partial charge in [-0.1, -0.05) is 37.7 Å². The summed E-state index contributed by atoms with van der Waals surface area (Å²) in [4.78, 5) is 22.3. The lowest BCUT2D eigenvalue weighted by Gasteiger charge is -2.39. The molecule has 146 valence electrons. The van der Waals surface area contributed by atoms with E-state index >= 15 is 0 Å². The fraction of sp³-hybridized carbons (Fsp3) is 0.381. The van der Waals surface area contributed by atoms with Gasteiger partial charge in [0.1, 0.15) is 17.4 Å². The highest BCUT2D eigenvalue weighted by atomic mass is 32.2. The molecule has 0 saturated heterocycles. The number of carbonyl (C=O) groups excluding carboxylic acids is 1. The molecule has 1 aliphatic heterocycles. The summed E-state index contributed by atoms with van der Waals surface area (Å²) in [5, 5.41) is 4.03. The Bertz CT molecular complexity index is 983. The van der Waals surface area contributed by atoms with E-state index in [0.717, 1.165) is 34.6 Å². The molecular formula is C21H24N4O2S. The maximum absolute atomic E-state index is 13.2. The Kier molecular flexibility index (Phi) is 4.57. The van der Waals surface area contributed by atoms with Gasteiger partial charge < -0.3 is 15.8 Å². The molecule has 6 nitrogen and oxygen atoms in total. The first-order valence-corrected chi connectivity index (χ1v) is 10.4. The number of hydrogen-bond acceptors (Lipinski definition) is 7. The predicted molar refractivity (Wildman–Crippen MR) is 112 cm³/mol. The van der Waals surface area contributed by atoms with E-state index in [4.69, 9.17) is 10.5 Å². The first-order valence-electron chi connectivity index (χ1n) is 9.21. The van der Waals surface area contributed by atoms with E-state index in [2.05, 4.69) is 29.1 Å². The van der Waals surface area contributed by atoms with E-state index in [-0.39, 0.29) is 17.1 Å². The third kappa shape index (κ3) is 3.13. The van der Waals surface area contributed by atoms with Crippen LogP contribution in [-0.4, -0.2) is 29.1 Å². The Balaban J connectivity index is 1.94. The van der Waals surface area contributed by atoms with Gasteiger partial charge >= 0.3 is 0 Å². The number of carbonyl (C=O) groups is 1. The Morgan fingerprint density at radius 1 is 1.21 bits per heavy atom. The van der Waals surface area contributed by atoms with Crippen LogP contribution in [0.25, 0.3) is 0 Å². The van der Waals surface area contributed by atoms with E-state index in [1.54, 1.807) is 7.11 Å². The normalized spacial score (nSPS) is 20.3. The molecule has 1 aromatic carbocycles. The minimum absolute atomic E-state index is 0.0915. The second kappa shape index (κ2) is 6.81. The summed E-state index contributed by atoms with van der Waals surface area (Å²) >= 11 is 1.45. The second-order valence-corrected chi connectivity index (χ2v) is 8.80. The maximum atomic E-state index is 13.2. The lowest BCUT2D eigenvalue weighted by Crippen LogP contribution is -2.34. The molecule has 3 N–H and O–H groups in total. The predicted octanol–water partition coefficient (Wildman–Crippen LogP) is 3.99. The summed E-state index contributed by atoms with van der Waals surface area (Å²) in [6.07, 6.45) is 3.22. The standard InChI is InChI=1S/C21H24N4O2S/c1-21(2)9-13-16(14(26)10-21)15(11-5-7-12(27-3)8-6-11)17-18(22)24-20(28-4)25-19(17)23-13/h5-8,15H,9-10H2,1-4H3,(H3,22,23,24,25). The molecule has 28 heavy (non-hydrogen) atoms. The number of ether oxygens (including phenoxy) is 1. The van der Waals surface area contributed by atoms with Crippen LogP contribution in [0.5, 0.6) is 5.75 Å². The van der Waals surface area contributed by atoms with Crippen LogP contribution in [0.4, 0.5) is 11.6 Å². The van der Waals surface area contributed by atoms with E-state index in [0.29, 0.717) is 23.2 Å².